The van der Waals surface area contributed by atoms with Gasteiger partial charge in [0.1, 0.15) is 0 Å². The summed E-state index contributed by atoms with van der Waals surface area (Å²) in [5.74, 6) is -0.264. The Morgan fingerprint density at radius 2 is 1.81 bits per heavy atom. The molecule has 3 heterocycles. The second-order valence-electron chi connectivity index (χ2n) is 7.07. The zero-order valence-electron chi connectivity index (χ0n) is 16.6. The summed E-state index contributed by atoms with van der Waals surface area (Å²) in [6.07, 6.45) is -0.374. The quantitative estimate of drug-likeness (QED) is 0.591. The number of nitrogens with one attached hydrogen (secondary N) is 1. The Labute approximate surface area is 188 Å². The van der Waals surface area contributed by atoms with Crippen molar-refractivity contribution in [2.45, 2.75) is 31.0 Å². The average molecular weight is 483 g/mol. The van der Waals surface area contributed by atoms with Crippen molar-refractivity contribution in [1.29, 1.82) is 0 Å². The van der Waals surface area contributed by atoms with Gasteiger partial charge in [-0.2, -0.15) is 4.31 Å². The van der Waals surface area contributed by atoms with E-state index >= 15 is 0 Å². The van der Waals surface area contributed by atoms with E-state index in [9.17, 15) is 13.2 Å². The first-order valence-corrected chi connectivity index (χ1v) is 12.0. The molecule has 9 nitrogen and oxygen atoms in total. The van der Waals surface area contributed by atoms with Crippen LogP contribution >= 0.6 is 22.9 Å². The van der Waals surface area contributed by atoms with Gasteiger partial charge < -0.3 is 9.15 Å². The number of aromatic nitrogens is 2. The fourth-order valence-corrected chi connectivity index (χ4v) is 5.78. The van der Waals surface area contributed by atoms with Crippen molar-refractivity contribution in [2.75, 3.05) is 18.4 Å². The number of hydrogen-bond acceptors (Lipinski definition) is 8. The summed E-state index contributed by atoms with van der Waals surface area (Å²) < 4.78 is 38.9. The van der Waals surface area contributed by atoms with Crippen LogP contribution in [0.3, 0.4) is 0 Å². The smallest absolute Gasteiger partial charge is 0.322 e. The number of thiophene rings is 1. The minimum absolute atomic E-state index is 0.0717. The first-order chi connectivity index (χ1) is 14.7. The highest BCUT2D eigenvalue weighted by molar-refractivity contribution is 7.89. The van der Waals surface area contributed by atoms with Crippen molar-refractivity contribution >= 4 is 44.9 Å². The molecule has 164 valence electrons. The fourth-order valence-electron chi connectivity index (χ4n) is 3.23. The van der Waals surface area contributed by atoms with Crippen LogP contribution in [0.25, 0.3) is 10.8 Å². The minimum atomic E-state index is -3.68. The van der Waals surface area contributed by atoms with Gasteiger partial charge in [0.2, 0.25) is 10.0 Å². The number of hydrogen-bond donors (Lipinski definition) is 1. The second-order valence-corrected chi connectivity index (χ2v) is 10.7. The van der Waals surface area contributed by atoms with Gasteiger partial charge in [-0.25, -0.2) is 8.42 Å². The molecule has 0 radical (unpaired) electrons. The summed E-state index contributed by atoms with van der Waals surface area (Å²) >= 11 is 7.17. The summed E-state index contributed by atoms with van der Waals surface area (Å²) in [5, 5.41) is 10.2. The standard InChI is InChI=1S/C19H19ClN4O5S2/c1-11-9-24(10-12(2)28-11)31(26,27)14-5-3-13(4-6-14)17(25)21-19-23-22-18(29-19)15-7-8-16(20)30-15/h3-8,11-12H,9-10H2,1-2H3,(H,21,23,25)/t11-,12-/m1/s1. The van der Waals surface area contributed by atoms with Crippen LogP contribution in [0.15, 0.2) is 45.7 Å². The Kier molecular flexibility index (Phi) is 6.13. The van der Waals surface area contributed by atoms with Crippen LogP contribution in [0, 0.1) is 0 Å². The predicted molar refractivity (Wildman–Crippen MR) is 116 cm³/mol. The Hall–Kier alpha value is -2.31. The first kappa shape index (κ1) is 21.9. The van der Waals surface area contributed by atoms with E-state index in [4.69, 9.17) is 20.8 Å². The van der Waals surface area contributed by atoms with E-state index in [1.807, 2.05) is 13.8 Å². The molecule has 1 saturated heterocycles. The summed E-state index contributed by atoms with van der Waals surface area (Å²) in [4.78, 5) is 13.3. The number of rotatable bonds is 5. The van der Waals surface area contributed by atoms with Gasteiger partial charge in [0.05, 0.1) is 26.3 Å². The van der Waals surface area contributed by atoms with Crippen LogP contribution in [0.1, 0.15) is 24.2 Å². The zero-order chi connectivity index (χ0) is 22.2. The number of carbonyl (C=O) groups is 1. The molecular formula is C19H19ClN4O5S2. The van der Waals surface area contributed by atoms with Crippen molar-refractivity contribution in [3.63, 3.8) is 0 Å². The number of ether oxygens (including phenoxy) is 1. The van der Waals surface area contributed by atoms with Gasteiger partial charge in [-0.15, -0.1) is 16.4 Å². The van der Waals surface area contributed by atoms with Gasteiger partial charge in [-0.05, 0) is 50.2 Å². The number of halogens is 1. The van der Waals surface area contributed by atoms with E-state index in [1.165, 1.54) is 39.9 Å². The molecule has 2 aromatic heterocycles. The van der Waals surface area contributed by atoms with Crippen molar-refractivity contribution in [2.24, 2.45) is 0 Å². The van der Waals surface area contributed by atoms with Gasteiger partial charge in [0.15, 0.2) is 0 Å². The van der Waals surface area contributed by atoms with E-state index in [0.29, 0.717) is 9.21 Å². The summed E-state index contributed by atoms with van der Waals surface area (Å²) in [5.41, 5.74) is 0.251. The highest BCUT2D eigenvalue weighted by atomic mass is 35.5. The third kappa shape index (κ3) is 4.80. The molecule has 0 saturated carbocycles. The first-order valence-electron chi connectivity index (χ1n) is 9.38. The maximum atomic E-state index is 12.9. The second kappa shape index (κ2) is 8.67. The van der Waals surface area contributed by atoms with Gasteiger partial charge in [-0.3, -0.25) is 10.1 Å². The van der Waals surface area contributed by atoms with Crippen LogP contribution in [-0.4, -0.2) is 54.1 Å². The molecule has 0 spiro atoms. The molecule has 0 unspecified atom stereocenters. The third-order valence-electron chi connectivity index (χ3n) is 4.57. The van der Waals surface area contributed by atoms with E-state index in [1.54, 1.807) is 12.1 Å². The number of morpholine rings is 1. The molecule has 1 aromatic carbocycles. The molecule has 2 atom stereocenters. The molecular weight excluding hydrogens is 464 g/mol. The largest absolute Gasteiger partial charge is 0.402 e. The number of anilines is 1. The van der Waals surface area contributed by atoms with E-state index in [2.05, 4.69) is 15.5 Å². The van der Waals surface area contributed by atoms with Gasteiger partial charge >= 0.3 is 6.01 Å². The van der Waals surface area contributed by atoms with E-state index < -0.39 is 15.9 Å². The SMILES string of the molecule is C[C@@H]1CN(S(=O)(=O)c2ccc(C(=O)Nc3nnc(-c4ccc(Cl)s4)o3)cc2)C[C@@H](C)O1. The summed E-state index contributed by atoms with van der Waals surface area (Å²) in [6, 6.07) is 9.05. The molecule has 0 aliphatic carbocycles. The summed E-state index contributed by atoms with van der Waals surface area (Å²) in [7, 11) is -3.68. The molecule has 4 rings (SSSR count). The molecule has 1 N–H and O–H groups in total. The predicted octanol–water partition coefficient (Wildman–Crippen LogP) is 3.50. The fraction of sp³-hybridized carbons (Fsp3) is 0.316. The zero-order valence-corrected chi connectivity index (χ0v) is 19.0. The highest BCUT2D eigenvalue weighted by Crippen LogP contribution is 2.30. The lowest BCUT2D eigenvalue weighted by molar-refractivity contribution is -0.0440. The number of nitrogens with zero attached hydrogens (tertiary/aromatic N) is 3. The van der Waals surface area contributed by atoms with Crippen molar-refractivity contribution in [3.8, 4) is 10.8 Å². The number of sulfonamides is 1. The molecule has 0 bridgehead atoms. The van der Waals surface area contributed by atoms with Crippen molar-refractivity contribution in [3.05, 3.63) is 46.3 Å². The third-order valence-corrected chi connectivity index (χ3v) is 7.63. The number of benzene rings is 1. The van der Waals surface area contributed by atoms with Gasteiger partial charge in [0, 0.05) is 18.7 Å². The summed E-state index contributed by atoms with van der Waals surface area (Å²) in [6.45, 7) is 4.23. The van der Waals surface area contributed by atoms with Crippen LogP contribution < -0.4 is 5.32 Å². The lowest BCUT2D eigenvalue weighted by atomic mass is 10.2. The monoisotopic (exact) mass is 482 g/mol. The molecule has 31 heavy (non-hydrogen) atoms. The molecule has 12 heteroatoms. The Balaban J connectivity index is 1.45. The Bertz CT molecular complexity index is 1180. The van der Waals surface area contributed by atoms with Crippen LogP contribution in [0.4, 0.5) is 6.01 Å². The maximum Gasteiger partial charge on any atom is 0.322 e. The van der Waals surface area contributed by atoms with Crippen LogP contribution in [0.5, 0.6) is 0 Å². The van der Waals surface area contributed by atoms with E-state index in [0.717, 1.165) is 0 Å². The molecule has 1 fully saturated rings. The van der Waals surface area contributed by atoms with Crippen LogP contribution in [-0.2, 0) is 14.8 Å². The average Bonchev–Trinajstić information content (AvgIpc) is 3.36. The Morgan fingerprint density at radius 3 is 2.42 bits per heavy atom. The topological polar surface area (TPSA) is 115 Å². The van der Waals surface area contributed by atoms with Crippen LogP contribution in [0.2, 0.25) is 4.34 Å². The van der Waals surface area contributed by atoms with Crippen molar-refractivity contribution < 1.29 is 22.4 Å². The molecule has 1 aliphatic heterocycles. The number of amides is 1. The van der Waals surface area contributed by atoms with Gasteiger partial charge in [0.25, 0.3) is 11.8 Å². The minimum Gasteiger partial charge on any atom is -0.402 e. The lowest BCUT2D eigenvalue weighted by Crippen LogP contribution is -2.48. The molecule has 1 amide bonds. The maximum absolute atomic E-state index is 12.9. The highest BCUT2D eigenvalue weighted by Gasteiger charge is 2.32. The Morgan fingerprint density at radius 1 is 1.13 bits per heavy atom. The number of carbonyl (C=O) groups excluding carboxylic acids is 1. The molecule has 1 aliphatic rings. The van der Waals surface area contributed by atoms with Gasteiger partial charge in [-0.1, -0.05) is 16.7 Å². The molecule has 3 aromatic rings. The van der Waals surface area contributed by atoms with Crippen molar-refractivity contribution in [1.82, 2.24) is 14.5 Å². The lowest BCUT2D eigenvalue weighted by Gasteiger charge is -2.34. The van der Waals surface area contributed by atoms with E-state index in [-0.39, 0.29) is 47.7 Å². The normalized spacial score (nSPS) is 20.0.